The molecule has 1 N–H and O–H groups in total. The van der Waals surface area contributed by atoms with Crippen LogP contribution in [0.1, 0.15) is 24.5 Å². The number of nitrogens with zero attached hydrogens (tertiary/aromatic N) is 1. The van der Waals surface area contributed by atoms with E-state index in [1.807, 2.05) is 67.6 Å². The Morgan fingerprint density at radius 2 is 1.55 bits per heavy atom. The van der Waals surface area contributed by atoms with Crippen molar-refractivity contribution in [2.24, 2.45) is 0 Å². The molecule has 174 valence electrons. The zero-order valence-corrected chi connectivity index (χ0v) is 20.6. The van der Waals surface area contributed by atoms with Crippen LogP contribution in [-0.2, 0) is 27.8 Å². The highest BCUT2D eigenvalue weighted by atomic mass is 35.5. The maximum absolute atomic E-state index is 13.4. The zero-order valence-electron chi connectivity index (χ0n) is 18.2. The molecule has 8 heteroatoms. The van der Waals surface area contributed by atoms with Crippen molar-refractivity contribution in [3.8, 4) is 0 Å². The lowest BCUT2D eigenvalue weighted by atomic mass is 10.1. The average molecular weight is 505 g/mol. The van der Waals surface area contributed by atoms with Gasteiger partial charge in [-0.2, -0.15) is 4.31 Å². The second kappa shape index (κ2) is 11.7. The van der Waals surface area contributed by atoms with Crippen LogP contribution in [0.15, 0.2) is 83.8 Å². The molecule has 0 unspecified atom stereocenters. The van der Waals surface area contributed by atoms with E-state index < -0.39 is 10.0 Å². The summed E-state index contributed by atoms with van der Waals surface area (Å²) in [6.45, 7) is 1.60. The molecule has 0 fully saturated rings. The fraction of sp³-hybridized carbons (Fsp3) is 0.240. The summed E-state index contributed by atoms with van der Waals surface area (Å²) < 4.78 is 28.0. The largest absolute Gasteiger partial charge is 0.352 e. The van der Waals surface area contributed by atoms with Gasteiger partial charge in [0.15, 0.2) is 0 Å². The van der Waals surface area contributed by atoms with Crippen LogP contribution in [0.25, 0.3) is 0 Å². The highest BCUT2D eigenvalue weighted by Crippen LogP contribution is 2.28. The molecule has 5 nitrogen and oxygen atoms in total. The van der Waals surface area contributed by atoms with Gasteiger partial charge in [-0.3, -0.25) is 4.79 Å². The molecule has 3 aromatic rings. The van der Waals surface area contributed by atoms with Crippen molar-refractivity contribution in [1.82, 2.24) is 9.62 Å². The Kier molecular flexibility index (Phi) is 8.92. The third-order valence-corrected chi connectivity index (χ3v) is 7.66. The van der Waals surface area contributed by atoms with Crippen LogP contribution in [0.3, 0.4) is 0 Å². The molecule has 0 bridgehead atoms. The maximum atomic E-state index is 13.4. The van der Waals surface area contributed by atoms with E-state index in [0.717, 1.165) is 22.7 Å². The van der Waals surface area contributed by atoms with Crippen LogP contribution >= 0.6 is 23.2 Å². The minimum Gasteiger partial charge on any atom is -0.352 e. The van der Waals surface area contributed by atoms with Gasteiger partial charge in [0.05, 0.1) is 11.6 Å². The Labute approximate surface area is 205 Å². The van der Waals surface area contributed by atoms with Gasteiger partial charge < -0.3 is 5.32 Å². The summed E-state index contributed by atoms with van der Waals surface area (Å²) in [5.41, 5.74) is 1.94. The van der Waals surface area contributed by atoms with E-state index >= 15 is 0 Å². The highest BCUT2D eigenvalue weighted by Gasteiger charge is 2.29. The second-order valence-electron chi connectivity index (χ2n) is 7.83. The number of carbonyl (C=O) groups excluding carboxylic acids is 1. The van der Waals surface area contributed by atoms with Gasteiger partial charge in [-0.25, -0.2) is 8.42 Å². The van der Waals surface area contributed by atoms with E-state index in [4.69, 9.17) is 23.2 Å². The van der Waals surface area contributed by atoms with E-state index in [2.05, 4.69) is 5.32 Å². The van der Waals surface area contributed by atoms with Crippen molar-refractivity contribution in [1.29, 1.82) is 0 Å². The Balaban J connectivity index is 1.75. The van der Waals surface area contributed by atoms with Gasteiger partial charge in [0.2, 0.25) is 15.9 Å². The summed E-state index contributed by atoms with van der Waals surface area (Å²) in [6, 6.07) is 23.2. The number of amides is 1. The molecular weight excluding hydrogens is 479 g/mol. The molecule has 33 heavy (non-hydrogen) atoms. The highest BCUT2D eigenvalue weighted by molar-refractivity contribution is 7.89. The normalized spacial score (nSPS) is 12.5. The van der Waals surface area contributed by atoms with Crippen LogP contribution in [0, 0.1) is 0 Å². The number of halogens is 2. The molecule has 0 aliphatic rings. The van der Waals surface area contributed by atoms with Crippen LogP contribution in [-0.4, -0.2) is 31.2 Å². The van der Waals surface area contributed by atoms with Gasteiger partial charge in [-0.1, -0.05) is 83.9 Å². The fourth-order valence-corrected chi connectivity index (χ4v) is 5.53. The van der Waals surface area contributed by atoms with Gasteiger partial charge in [0.25, 0.3) is 0 Å². The first kappa shape index (κ1) is 25.2. The number of aryl methyl sites for hydroxylation is 1. The Morgan fingerprint density at radius 1 is 0.939 bits per heavy atom. The number of nitrogens with one attached hydrogen (secondary N) is 1. The van der Waals surface area contributed by atoms with Crippen molar-refractivity contribution >= 4 is 39.1 Å². The molecule has 0 aromatic heterocycles. The first-order valence-corrected chi connectivity index (χ1v) is 12.8. The molecular formula is C25H26Cl2N2O3S. The van der Waals surface area contributed by atoms with Crippen LogP contribution < -0.4 is 5.32 Å². The van der Waals surface area contributed by atoms with E-state index in [9.17, 15) is 13.2 Å². The first-order valence-electron chi connectivity index (χ1n) is 10.6. The Hall–Kier alpha value is -2.38. The predicted octanol–water partition coefficient (Wildman–Crippen LogP) is 5.32. The van der Waals surface area contributed by atoms with Crippen molar-refractivity contribution < 1.29 is 13.2 Å². The quantitative estimate of drug-likeness (QED) is 0.406. The number of rotatable bonds is 10. The standard InChI is InChI=1S/C25H26Cl2N2O3S/c1-19(12-13-20-8-4-2-5-9-20)28-25(30)18-29(17-21-10-6-3-7-11-21)33(31,32)24-16-22(26)14-15-23(24)27/h2-11,14-16,19H,12-13,17-18H2,1H3,(H,28,30)/t19-/m1/s1. The lowest BCUT2D eigenvalue weighted by Crippen LogP contribution is -2.43. The molecule has 0 aliphatic carbocycles. The van der Waals surface area contributed by atoms with Crippen molar-refractivity contribution in [2.45, 2.75) is 37.2 Å². The summed E-state index contributed by atoms with van der Waals surface area (Å²) in [7, 11) is -4.08. The van der Waals surface area contributed by atoms with E-state index in [1.165, 1.54) is 23.8 Å². The molecule has 1 amide bonds. The van der Waals surface area contributed by atoms with Gasteiger partial charge in [0.1, 0.15) is 4.90 Å². The molecule has 1 atom stereocenters. The molecule has 3 rings (SSSR count). The van der Waals surface area contributed by atoms with Gasteiger partial charge >= 0.3 is 0 Å². The number of benzene rings is 3. The number of sulfonamides is 1. The molecule has 0 radical (unpaired) electrons. The van der Waals surface area contributed by atoms with Gasteiger partial charge in [0, 0.05) is 17.6 Å². The van der Waals surface area contributed by atoms with Crippen LogP contribution in [0.4, 0.5) is 0 Å². The Morgan fingerprint density at radius 3 is 2.18 bits per heavy atom. The topological polar surface area (TPSA) is 66.5 Å². The molecule has 0 aliphatic heterocycles. The molecule has 0 heterocycles. The van der Waals surface area contributed by atoms with Gasteiger partial charge in [-0.15, -0.1) is 0 Å². The van der Waals surface area contributed by atoms with E-state index in [1.54, 1.807) is 0 Å². The third kappa shape index (κ3) is 7.30. The summed E-state index contributed by atoms with van der Waals surface area (Å²) in [4.78, 5) is 12.7. The molecule has 0 spiro atoms. The summed E-state index contributed by atoms with van der Waals surface area (Å²) >= 11 is 12.2. The first-order chi connectivity index (χ1) is 15.8. The van der Waals surface area contributed by atoms with Crippen LogP contribution in [0.5, 0.6) is 0 Å². The summed E-state index contributed by atoms with van der Waals surface area (Å²) in [5, 5.41) is 3.21. The maximum Gasteiger partial charge on any atom is 0.245 e. The number of hydrogen-bond donors (Lipinski definition) is 1. The van der Waals surface area contributed by atoms with Gasteiger partial charge in [-0.05, 0) is 49.1 Å². The smallest absolute Gasteiger partial charge is 0.245 e. The number of hydrogen-bond acceptors (Lipinski definition) is 3. The SMILES string of the molecule is C[C@H](CCc1ccccc1)NC(=O)CN(Cc1ccccc1)S(=O)(=O)c1cc(Cl)ccc1Cl. The van der Waals surface area contributed by atoms with Crippen molar-refractivity contribution in [3.63, 3.8) is 0 Å². The van der Waals surface area contributed by atoms with Crippen molar-refractivity contribution in [2.75, 3.05) is 6.54 Å². The minimum atomic E-state index is -4.08. The summed E-state index contributed by atoms with van der Waals surface area (Å²) in [6.07, 6.45) is 1.55. The average Bonchev–Trinajstić information content (AvgIpc) is 2.80. The molecule has 0 saturated heterocycles. The second-order valence-corrected chi connectivity index (χ2v) is 10.6. The Bertz CT molecular complexity index is 1170. The monoisotopic (exact) mass is 504 g/mol. The molecule has 0 saturated carbocycles. The van der Waals surface area contributed by atoms with E-state index in [0.29, 0.717) is 0 Å². The van der Waals surface area contributed by atoms with Crippen molar-refractivity contribution in [3.05, 3.63) is 100 Å². The number of carbonyl (C=O) groups is 1. The van der Waals surface area contributed by atoms with E-state index in [-0.39, 0.29) is 40.0 Å². The predicted molar refractivity (Wildman–Crippen MR) is 133 cm³/mol. The lowest BCUT2D eigenvalue weighted by Gasteiger charge is -2.24. The fourth-order valence-electron chi connectivity index (χ4n) is 3.41. The lowest BCUT2D eigenvalue weighted by molar-refractivity contribution is -0.122. The minimum absolute atomic E-state index is 0.0256. The molecule has 3 aromatic carbocycles. The zero-order chi connectivity index (χ0) is 23.8. The third-order valence-electron chi connectivity index (χ3n) is 5.15. The van der Waals surface area contributed by atoms with Crippen LogP contribution in [0.2, 0.25) is 10.0 Å². The summed E-state index contributed by atoms with van der Waals surface area (Å²) in [5.74, 6) is -0.381.